The minimum absolute atomic E-state index is 0.00452. The van der Waals surface area contributed by atoms with Gasteiger partial charge in [0.15, 0.2) is 0 Å². The van der Waals surface area contributed by atoms with Gasteiger partial charge in [0.1, 0.15) is 11.6 Å². The molecule has 1 unspecified atom stereocenters. The van der Waals surface area contributed by atoms with Gasteiger partial charge in [-0.05, 0) is 35.7 Å². The Kier molecular flexibility index (Phi) is 4.94. The summed E-state index contributed by atoms with van der Waals surface area (Å²) in [7, 11) is 0. The highest BCUT2D eigenvalue weighted by Crippen LogP contribution is 2.28. The van der Waals surface area contributed by atoms with E-state index in [1.807, 2.05) is 0 Å². The maximum atomic E-state index is 13.5. The van der Waals surface area contributed by atoms with E-state index >= 15 is 0 Å². The molecule has 0 aliphatic rings. The van der Waals surface area contributed by atoms with Crippen LogP contribution in [0.1, 0.15) is 17.2 Å². The summed E-state index contributed by atoms with van der Waals surface area (Å²) in [6, 6.07) is 8.52. The number of hydrazine groups is 1. The van der Waals surface area contributed by atoms with E-state index in [1.54, 1.807) is 18.2 Å². The zero-order valence-corrected chi connectivity index (χ0v) is 11.8. The lowest BCUT2D eigenvalue weighted by Crippen LogP contribution is -2.30. The van der Waals surface area contributed by atoms with Crippen molar-refractivity contribution in [2.45, 2.75) is 12.5 Å². The first-order chi connectivity index (χ1) is 9.52. The van der Waals surface area contributed by atoms with Crippen LogP contribution in [0.15, 0.2) is 36.4 Å². The molecule has 0 aliphatic heterocycles. The van der Waals surface area contributed by atoms with E-state index in [1.165, 1.54) is 18.2 Å². The molecule has 1 atom stereocenters. The average molecular weight is 317 g/mol. The molecule has 106 valence electrons. The first-order valence-corrected chi connectivity index (χ1v) is 6.62. The number of benzene rings is 2. The number of hydrogen-bond acceptors (Lipinski definition) is 2. The molecule has 3 N–H and O–H groups in total. The summed E-state index contributed by atoms with van der Waals surface area (Å²) >= 11 is 11.6. The molecule has 0 saturated heterocycles. The number of rotatable bonds is 4. The molecule has 0 bridgehead atoms. The third kappa shape index (κ3) is 3.27. The molecule has 0 radical (unpaired) electrons. The molecule has 0 aliphatic carbocycles. The van der Waals surface area contributed by atoms with Gasteiger partial charge < -0.3 is 0 Å². The quantitative estimate of drug-likeness (QED) is 0.660. The van der Waals surface area contributed by atoms with Crippen molar-refractivity contribution >= 4 is 23.2 Å². The van der Waals surface area contributed by atoms with Crippen LogP contribution in [0.3, 0.4) is 0 Å². The van der Waals surface area contributed by atoms with Gasteiger partial charge in [-0.15, -0.1) is 0 Å². The molecule has 0 amide bonds. The van der Waals surface area contributed by atoms with Crippen molar-refractivity contribution in [2.24, 2.45) is 5.84 Å². The molecule has 0 aromatic heterocycles. The zero-order valence-electron chi connectivity index (χ0n) is 10.3. The van der Waals surface area contributed by atoms with Gasteiger partial charge in [-0.1, -0.05) is 41.4 Å². The summed E-state index contributed by atoms with van der Waals surface area (Å²) < 4.78 is 26.9. The standard InChI is InChI=1S/C14H12Cl2F2N2/c15-10-5-4-8(6-12(10)18)7-13(20-19)9-2-1-3-11(17)14(9)16/h1-6,13,20H,7,19H2. The summed E-state index contributed by atoms with van der Waals surface area (Å²) in [5, 5.41) is 0.0553. The topological polar surface area (TPSA) is 38.0 Å². The highest BCUT2D eigenvalue weighted by atomic mass is 35.5. The number of nitrogens with two attached hydrogens (primary N) is 1. The van der Waals surface area contributed by atoms with Crippen LogP contribution in [-0.4, -0.2) is 0 Å². The minimum atomic E-state index is -0.522. The Morgan fingerprint density at radius 2 is 1.85 bits per heavy atom. The molecular weight excluding hydrogens is 305 g/mol. The molecule has 0 spiro atoms. The van der Waals surface area contributed by atoms with Gasteiger partial charge in [0, 0.05) is 0 Å². The van der Waals surface area contributed by atoms with E-state index in [4.69, 9.17) is 29.0 Å². The maximum Gasteiger partial charge on any atom is 0.142 e. The number of halogens is 4. The Morgan fingerprint density at radius 1 is 1.10 bits per heavy atom. The molecule has 6 heteroatoms. The smallest absolute Gasteiger partial charge is 0.142 e. The van der Waals surface area contributed by atoms with E-state index in [9.17, 15) is 8.78 Å². The summed E-state index contributed by atoms with van der Waals surface area (Å²) in [6.45, 7) is 0. The van der Waals surface area contributed by atoms with Gasteiger partial charge in [-0.2, -0.15) is 0 Å². The van der Waals surface area contributed by atoms with Crippen LogP contribution < -0.4 is 11.3 Å². The van der Waals surface area contributed by atoms with Gasteiger partial charge in [0.2, 0.25) is 0 Å². The third-order valence-corrected chi connectivity index (χ3v) is 3.69. The van der Waals surface area contributed by atoms with E-state index in [2.05, 4.69) is 5.43 Å². The summed E-state index contributed by atoms with van der Waals surface area (Å²) in [6.07, 6.45) is 0.355. The first-order valence-electron chi connectivity index (χ1n) is 5.87. The largest absolute Gasteiger partial charge is 0.271 e. The zero-order chi connectivity index (χ0) is 14.7. The number of hydrogen-bond donors (Lipinski definition) is 2. The van der Waals surface area contributed by atoms with Crippen LogP contribution in [0.5, 0.6) is 0 Å². The molecule has 0 saturated carbocycles. The second-order valence-corrected chi connectivity index (χ2v) is 5.10. The molecular formula is C14H12Cl2F2N2. The van der Waals surface area contributed by atoms with Crippen molar-refractivity contribution < 1.29 is 8.78 Å². The molecule has 2 aromatic rings. The average Bonchev–Trinajstić information content (AvgIpc) is 2.43. The van der Waals surface area contributed by atoms with Crippen molar-refractivity contribution in [3.63, 3.8) is 0 Å². The van der Waals surface area contributed by atoms with E-state index in [-0.39, 0.29) is 10.0 Å². The fourth-order valence-electron chi connectivity index (χ4n) is 1.95. The molecule has 2 nitrogen and oxygen atoms in total. The Labute approximate surface area is 125 Å². The third-order valence-electron chi connectivity index (χ3n) is 2.98. The van der Waals surface area contributed by atoms with Crippen LogP contribution in [0, 0.1) is 11.6 Å². The fourth-order valence-corrected chi connectivity index (χ4v) is 2.33. The monoisotopic (exact) mass is 316 g/mol. The van der Waals surface area contributed by atoms with Crippen molar-refractivity contribution in [1.82, 2.24) is 5.43 Å². The minimum Gasteiger partial charge on any atom is -0.271 e. The fraction of sp³-hybridized carbons (Fsp3) is 0.143. The maximum absolute atomic E-state index is 13.5. The van der Waals surface area contributed by atoms with Crippen LogP contribution >= 0.6 is 23.2 Å². The van der Waals surface area contributed by atoms with E-state index in [0.29, 0.717) is 17.5 Å². The SMILES string of the molecule is NNC(Cc1ccc(Cl)c(F)c1)c1cccc(F)c1Cl. The molecule has 0 fully saturated rings. The van der Waals surface area contributed by atoms with Crippen LogP contribution in [0.25, 0.3) is 0 Å². The molecule has 20 heavy (non-hydrogen) atoms. The van der Waals surface area contributed by atoms with Crippen LogP contribution in [-0.2, 0) is 6.42 Å². The predicted molar refractivity (Wildman–Crippen MR) is 76.6 cm³/mol. The molecule has 2 aromatic carbocycles. The molecule has 0 heterocycles. The highest BCUT2D eigenvalue weighted by molar-refractivity contribution is 6.31. The van der Waals surface area contributed by atoms with Gasteiger partial charge >= 0.3 is 0 Å². The van der Waals surface area contributed by atoms with Gasteiger partial charge in [-0.25, -0.2) is 8.78 Å². The lowest BCUT2D eigenvalue weighted by molar-refractivity contribution is 0.542. The Bertz CT molecular complexity index is 620. The Balaban J connectivity index is 2.28. The lowest BCUT2D eigenvalue weighted by Gasteiger charge is -2.18. The van der Waals surface area contributed by atoms with Gasteiger partial charge in [-0.3, -0.25) is 11.3 Å². The van der Waals surface area contributed by atoms with Crippen molar-refractivity contribution in [1.29, 1.82) is 0 Å². The van der Waals surface area contributed by atoms with Gasteiger partial charge in [0.05, 0.1) is 16.1 Å². The first kappa shape index (κ1) is 15.2. The Morgan fingerprint density at radius 3 is 2.50 bits per heavy atom. The normalized spacial score (nSPS) is 12.4. The van der Waals surface area contributed by atoms with Gasteiger partial charge in [0.25, 0.3) is 0 Å². The van der Waals surface area contributed by atoms with Crippen molar-refractivity contribution in [2.75, 3.05) is 0 Å². The lowest BCUT2D eigenvalue weighted by atomic mass is 9.99. The van der Waals surface area contributed by atoms with E-state index in [0.717, 1.165) is 0 Å². The summed E-state index contributed by atoms with van der Waals surface area (Å²) in [4.78, 5) is 0. The number of nitrogens with one attached hydrogen (secondary N) is 1. The Hall–Kier alpha value is -1.20. The summed E-state index contributed by atoms with van der Waals surface area (Å²) in [5.74, 6) is 4.46. The predicted octanol–water partition coefficient (Wildman–Crippen LogP) is 4.02. The highest BCUT2D eigenvalue weighted by Gasteiger charge is 2.17. The van der Waals surface area contributed by atoms with E-state index < -0.39 is 17.7 Å². The molecule has 2 rings (SSSR count). The van der Waals surface area contributed by atoms with Crippen LogP contribution in [0.2, 0.25) is 10.0 Å². The van der Waals surface area contributed by atoms with Crippen molar-refractivity contribution in [3.8, 4) is 0 Å². The summed E-state index contributed by atoms with van der Waals surface area (Å²) in [5.41, 5.74) is 3.76. The van der Waals surface area contributed by atoms with Crippen LogP contribution in [0.4, 0.5) is 8.78 Å². The van der Waals surface area contributed by atoms with Crippen molar-refractivity contribution in [3.05, 3.63) is 69.2 Å². The second-order valence-electron chi connectivity index (χ2n) is 4.31. The second kappa shape index (κ2) is 6.50.